The van der Waals surface area contributed by atoms with Gasteiger partial charge in [0.25, 0.3) is 0 Å². The summed E-state index contributed by atoms with van der Waals surface area (Å²) in [7, 11) is 0. The second-order valence-electron chi connectivity index (χ2n) is 4.03. The third-order valence-electron chi connectivity index (χ3n) is 2.72. The third-order valence-corrected chi connectivity index (χ3v) is 4.07. The van der Waals surface area contributed by atoms with Gasteiger partial charge in [0.1, 0.15) is 11.4 Å². The molecule has 2 aromatic carbocycles. The minimum Gasteiger partial charge on any atom is -0.397 e. The fraction of sp³-hybridized carbons (Fsp3) is 0. The summed E-state index contributed by atoms with van der Waals surface area (Å²) < 4.78 is 8.36. The molecule has 0 aliphatic carbocycles. The van der Waals surface area contributed by atoms with E-state index in [1.165, 1.54) is 0 Å². The van der Waals surface area contributed by atoms with Crippen LogP contribution >= 0.6 is 34.8 Å². The fourth-order valence-electron chi connectivity index (χ4n) is 1.76. The molecule has 20 heavy (non-hydrogen) atoms. The Kier molecular flexibility index (Phi) is 3.60. The maximum atomic E-state index is 6.22. The zero-order valence-electron chi connectivity index (χ0n) is 9.82. The Balaban J connectivity index is 2.11. The fourth-order valence-corrected chi connectivity index (χ4v) is 3.10. The van der Waals surface area contributed by atoms with Crippen molar-refractivity contribution in [1.29, 1.82) is 0 Å². The van der Waals surface area contributed by atoms with Crippen LogP contribution in [0.5, 0.6) is 0 Å². The molecule has 3 rings (SSSR count). The monoisotopic (exact) mass is 344 g/mol. The van der Waals surface area contributed by atoms with Crippen molar-refractivity contribution in [3.8, 4) is 0 Å². The van der Waals surface area contributed by atoms with Crippen LogP contribution in [0.1, 0.15) is 0 Å². The van der Waals surface area contributed by atoms with Crippen LogP contribution in [-0.2, 0) is 11.4 Å². The summed E-state index contributed by atoms with van der Waals surface area (Å²) >= 11 is 19.3. The summed E-state index contributed by atoms with van der Waals surface area (Å²) in [5.41, 5.74) is 8.92. The minimum atomic E-state index is 0.439. The van der Waals surface area contributed by atoms with Gasteiger partial charge < -0.3 is 11.1 Å². The van der Waals surface area contributed by atoms with Gasteiger partial charge in [-0.15, -0.1) is 0 Å². The quantitative estimate of drug-likeness (QED) is 0.585. The average Bonchev–Trinajstić information content (AvgIpc) is 2.88. The number of halogens is 3. The van der Waals surface area contributed by atoms with Crippen LogP contribution in [0.3, 0.4) is 0 Å². The number of fused-ring (bicyclic) bond motifs is 1. The molecule has 0 aromatic heterocycles. The van der Waals surface area contributed by atoms with Gasteiger partial charge in [-0.2, -0.15) is 8.73 Å². The van der Waals surface area contributed by atoms with E-state index in [2.05, 4.69) is 14.0 Å². The normalized spacial score (nSPS) is 12.2. The Morgan fingerprint density at radius 1 is 1.00 bits per heavy atom. The Hall–Kier alpha value is -1.27. The van der Waals surface area contributed by atoms with Gasteiger partial charge in [-0.3, -0.25) is 0 Å². The number of nitrogens with zero attached hydrogens (tertiary/aromatic N) is 2. The van der Waals surface area contributed by atoms with E-state index in [0.29, 0.717) is 43.5 Å². The number of benzene rings is 2. The van der Waals surface area contributed by atoms with Crippen molar-refractivity contribution < 1.29 is 0 Å². The van der Waals surface area contributed by atoms with Crippen molar-refractivity contribution in [2.24, 2.45) is 8.73 Å². The SMILES string of the molecule is Nc1ccc(Cl)cc1Nc1c(Cl)cc(Cl)c2c1N=S=N2. The van der Waals surface area contributed by atoms with E-state index in [9.17, 15) is 0 Å². The Morgan fingerprint density at radius 3 is 2.55 bits per heavy atom. The molecular formula is C12H7Cl3N4S. The molecule has 0 fully saturated rings. The molecule has 1 aliphatic rings. The maximum Gasteiger partial charge on any atom is 0.131 e. The number of nitrogen functional groups attached to an aromatic ring is 1. The average molecular weight is 346 g/mol. The van der Waals surface area contributed by atoms with Crippen molar-refractivity contribution in [3.63, 3.8) is 0 Å². The molecule has 0 spiro atoms. The molecule has 0 atom stereocenters. The van der Waals surface area contributed by atoms with Gasteiger partial charge in [0, 0.05) is 5.02 Å². The summed E-state index contributed by atoms with van der Waals surface area (Å²) in [6.07, 6.45) is 0. The molecule has 102 valence electrons. The molecule has 0 radical (unpaired) electrons. The van der Waals surface area contributed by atoms with Gasteiger partial charge in [0.15, 0.2) is 0 Å². The molecule has 0 amide bonds. The zero-order chi connectivity index (χ0) is 14.3. The number of nitrogens with two attached hydrogens (primary N) is 1. The van der Waals surface area contributed by atoms with E-state index in [1.807, 2.05) is 0 Å². The van der Waals surface area contributed by atoms with Gasteiger partial charge in [-0.1, -0.05) is 34.8 Å². The standard InChI is InChI=1S/C12H7Cl3N4S/c13-5-1-2-8(16)9(3-5)17-10-6(14)4-7(15)11-12(10)19-20-18-11/h1-4,17H,16H2. The largest absolute Gasteiger partial charge is 0.397 e. The minimum absolute atomic E-state index is 0.439. The number of rotatable bonds is 2. The molecule has 1 heterocycles. The molecule has 0 unspecified atom stereocenters. The molecule has 2 aromatic rings. The van der Waals surface area contributed by atoms with Gasteiger partial charge >= 0.3 is 0 Å². The lowest BCUT2D eigenvalue weighted by atomic mass is 10.2. The van der Waals surface area contributed by atoms with Crippen LogP contribution in [0.25, 0.3) is 0 Å². The molecule has 1 aliphatic heterocycles. The van der Waals surface area contributed by atoms with Crippen molar-refractivity contribution in [2.45, 2.75) is 0 Å². The van der Waals surface area contributed by atoms with Crippen LogP contribution in [-0.4, -0.2) is 0 Å². The summed E-state index contributed by atoms with van der Waals surface area (Å²) in [4.78, 5) is 0. The molecule has 3 N–H and O–H groups in total. The third kappa shape index (κ3) is 2.38. The van der Waals surface area contributed by atoms with Gasteiger partial charge in [0.2, 0.25) is 0 Å². The molecular weight excluding hydrogens is 339 g/mol. The predicted molar refractivity (Wildman–Crippen MR) is 87.2 cm³/mol. The first-order chi connectivity index (χ1) is 9.56. The van der Waals surface area contributed by atoms with Gasteiger partial charge in [-0.25, -0.2) is 0 Å². The van der Waals surface area contributed by atoms with E-state index in [4.69, 9.17) is 40.5 Å². The Bertz CT molecular complexity index is 785. The topological polar surface area (TPSA) is 62.8 Å². The summed E-state index contributed by atoms with van der Waals surface area (Å²) in [5, 5.41) is 4.61. The van der Waals surface area contributed by atoms with E-state index >= 15 is 0 Å². The lowest BCUT2D eigenvalue weighted by Gasteiger charge is -2.14. The molecule has 0 saturated carbocycles. The summed E-state index contributed by atoms with van der Waals surface area (Å²) in [6.45, 7) is 0. The highest BCUT2D eigenvalue weighted by atomic mass is 35.5. The van der Waals surface area contributed by atoms with Gasteiger partial charge in [0.05, 0.1) is 38.5 Å². The second-order valence-corrected chi connectivity index (χ2v) is 5.81. The first kappa shape index (κ1) is 13.7. The van der Waals surface area contributed by atoms with Crippen LogP contribution in [0.4, 0.5) is 28.4 Å². The molecule has 0 bridgehead atoms. The highest BCUT2D eigenvalue weighted by Gasteiger charge is 2.19. The Morgan fingerprint density at radius 2 is 1.75 bits per heavy atom. The van der Waals surface area contributed by atoms with Crippen LogP contribution in [0.2, 0.25) is 15.1 Å². The van der Waals surface area contributed by atoms with E-state index in [1.54, 1.807) is 24.3 Å². The number of nitrogens with one attached hydrogen (secondary N) is 1. The number of hydrogen-bond donors (Lipinski definition) is 2. The Labute approximate surface area is 133 Å². The van der Waals surface area contributed by atoms with Crippen LogP contribution in [0, 0.1) is 0 Å². The first-order valence-electron chi connectivity index (χ1n) is 5.48. The summed E-state index contributed by atoms with van der Waals surface area (Å²) in [5.74, 6) is 0. The smallest absolute Gasteiger partial charge is 0.131 e. The van der Waals surface area contributed by atoms with E-state index in [0.717, 1.165) is 11.4 Å². The van der Waals surface area contributed by atoms with E-state index in [-0.39, 0.29) is 0 Å². The van der Waals surface area contributed by atoms with Crippen molar-refractivity contribution in [2.75, 3.05) is 11.1 Å². The lowest BCUT2D eigenvalue weighted by molar-refractivity contribution is 1.49. The van der Waals surface area contributed by atoms with E-state index < -0.39 is 0 Å². The first-order valence-corrected chi connectivity index (χ1v) is 7.35. The maximum absolute atomic E-state index is 6.22. The number of anilines is 3. The highest BCUT2D eigenvalue weighted by Crippen LogP contribution is 2.48. The van der Waals surface area contributed by atoms with Crippen molar-refractivity contribution in [3.05, 3.63) is 39.3 Å². The molecule has 8 heteroatoms. The predicted octanol–water partition coefficient (Wildman–Crippen LogP) is 5.70. The second kappa shape index (κ2) is 5.26. The molecule has 0 saturated heterocycles. The highest BCUT2D eigenvalue weighted by molar-refractivity contribution is 7.58. The lowest BCUT2D eigenvalue weighted by Crippen LogP contribution is -1.97. The zero-order valence-corrected chi connectivity index (χ0v) is 12.9. The van der Waals surface area contributed by atoms with Crippen LogP contribution in [0.15, 0.2) is 33.0 Å². The van der Waals surface area contributed by atoms with Crippen LogP contribution < -0.4 is 11.1 Å². The number of hydrogen-bond acceptors (Lipinski definition) is 4. The van der Waals surface area contributed by atoms with Gasteiger partial charge in [-0.05, 0) is 24.3 Å². The molecule has 4 nitrogen and oxygen atoms in total. The van der Waals surface area contributed by atoms with Crippen molar-refractivity contribution in [1.82, 2.24) is 0 Å². The summed E-state index contributed by atoms with van der Waals surface area (Å²) in [6, 6.07) is 6.76. The van der Waals surface area contributed by atoms with Crippen molar-refractivity contribution >= 4 is 74.6 Å².